The van der Waals surface area contributed by atoms with Crippen LogP contribution in [0.15, 0.2) is 48.5 Å². The Morgan fingerprint density at radius 1 is 1.09 bits per heavy atom. The van der Waals surface area contributed by atoms with E-state index in [9.17, 15) is 9.90 Å². The molecule has 0 aliphatic heterocycles. The Kier molecular flexibility index (Phi) is 6.00. The molecule has 122 valence electrons. The summed E-state index contributed by atoms with van der Waals surface area (Å²) in [6.07, 6.45) is 0.529. The minimum atomic E-state index is -0.374. The molecule has 0 fully saturated rings. The minimum absolute atomic E-state index is 0.146. The molecular weight excluding hydrogens is 294 g/mol. The largest absolute Gasteiger partial charge is 0.497 e. The number of hydrogen-bond donors (Lipinski definition) is 2. The van der Waals surface area contributed by atoms with E-state index in [-0.39, 0.29) is 18.6 Å². The summed E-state index contributed by atoms with van der Waals surface area (Å²) in [7, 11) is 3.13. The van der Waals surface area contributed by atoms with Crippen LogP contribution >= 0.6 is 0 Å². The summed E-state index contributed by atoms with van der Waals surface area (Å²) in [5, 5.41) is 12.4. The zero-order valence-corrected chi connectivity index (χ0v) is 13.3. The molecule has 0 aliphatic carbocycles. The number of amides is 1. The quantitative estimate of drug-likeness (QED) is 0.820. The van der Waals surface area contributed by atoms with Crippen LogP contribution in [0, 0.1) is 0 Å². The number of aliphatic hydroxyl groups excluding tert-OH is 1. The van der Waals surface area contributed by atoms with Crippen molar-refractivity contribution in [3.05, 3.63) is 59.7 Å². The van der Waals surface area contributed by atoms with Gasteiger partial charge in [-0.3, -0.25) is 4.79 Å². The second kappa shape index (κ2) is 8.19. The van der Waals surface area contributed by atoms with Crippen molar-refractivity contribution in [2.75, 3.05) is 20.8 Å². The van der Waals surface area contributed by atoms with Gasteiger partial charge in [0.05, 0.1) is 32.4 Å². The highest BCUT2D eigenvalue weighted by molar-refractivity contribution is 5.97. The van der Waals surface area contributed by atoms with Crippen LogP contribution in [0.25, 0.3) is 0 Å². The van der Waals surface area contributed by atoms with Gasteiger partial charge in [0.1, 0.15) is 11.5 Å². The van der Waals surface area contributed by atoms with Crippen LogP contribution in [0.5, 0.6) is 11.5 Å². The smallest absolute Gasteiger partial charge is 0.255 e. The molecule has 0 bridgehead atoms. The topological polar surface area (TPSA) is 67.8 Å². The third kappa shape index (κ3) is 4.47. The van der Waals surface area contributed by atoms with Gasteiger partial charge in [0.2, 0.25) is 0 Å². The standard InChI is InChI=1S/C18H21NO4/c1-22-15-9-7-13(8-10-15)11-14(12-20)19-18(21)16-5-3-4-6-17(16)23-2/h3-10,14,20H,11-12H2,1-2H3,(H,19,21)/t14-/m1/s1. The Balaban J connectivity index is 2.04. The Hall–Kier alpha value is -2.53. The van der Waals surface area contributed by atoms with Crippen LogP contribution in [0.4, 0.5) is 0 Å². The maximum absolute atomic E-state index is 12.4. The van der Waals surface area contributed by atoms with Crippen LogP contribution < -0.4 is 14.8 Å². The number of benzene rings is 2. The summed E-state index contributed by atoms with van der Waals surface area (Å²) >= 11 is 0. The average molecular weight is 315 g/mol. The zero-order valence-electron chi connectivity index (χ0n) is 13.3. The maximum atomic E-state index is 12.4. The van der Waals surface area contributed by atoms with Crippen molar-refractivity contribution in [1.82, 2.24) is 5.32 Å². The molecule has 0 saturated heterocycles. The molecule has 1 amide bonds. The molecule has 0 saturated carbocycles. The van der Waals surface area contributed by atoms with E-state index in [0.29, 0.717) is 17.7 Å². The SMILES string of the molecule is COc1ccc(C[C@H](CO)NC(=O)c2ccccc2OC)cc1. The molecule has 0 heterocycles. The lowest BCUT2D eigenvalue weighted by molar-refractivity contribution is 0.0913. The molecule has 0 unspecified atom stereocenters. The second-order valence-corrected chi connectivity index (χ2v) is 5.11. The second-order valence-electron chi connectivity index (χ2n) is 5.11. The van der Waals surface area contributed by atoms with Gasteiger partial charge in [-0.2, -0.15) is 0 Å². The van der Waals surface area contributed by atoms with Gasteiger partial charge in [-0.05, 0) is 36.2 Å². The van der Waals surface area contributed by atoms with Gasteiger partial charge < -0.3 is 19.9 Å². The van der Waals surface area contributed by atoms with Crippen molar-refractivity contribution >= 4 is 5.91 Å². The first-order valence-electron chi connectivity index (χ1n) is 7.35. The lowest BCUT2D eigenvalue weighted by atomic mass is 10.1. The molecule has 2 aromatic carbocycles. The van der Waals surface area contributed by atoms with E-state index >= 15 is 0 Å². The van der Waals surface area contributed by atoms with Crippen LogP contribution in [-0.4, -0.2) is 37.9 Å². The summed E-state index contributed by atoms with van der Waals surface area (Å²) in [5.74, 6) is 1.01. The monoisotopic (exact) mass is 315 g/mol. The highest BCUT2D eigenvalue weighted by atomic mass is 16.5. The number of carbonyl (C=O) groups is 1. The highest BCUT2D eigenvalue weighted by Gasteiger charge is 2.16. The number of aliphatic hydroxyl groups is 1. The number of methoxy groups -OCH3 is 2. The minimum Gasteiger partial charge on any atom is -0.497 e. The van der Waals surface area contributed by atoms with Crippen molar-refractivity contribution in [3.63, 3.8) is 0 Å². The molecule has 0 spiro atoms. The van der Waals surface area contributed by atoms with Crippen LogP contribution in [0.2, 0.25) is 0 Å². The maximum Gasteiger partial charge on any atom is 0.255 e. The van der Waals surface area contributed by atoms with Gasteiger partial charge in [0, 0.05) is 0 Å². The Labute approximate surface area is 135 Å². The first-order valence-corrected chi connectivity index (χ1v) is 7.35. The Bertz CT molecular complexity index is 640. The first kappa shape index (κ1) is 16.8. The molecule has 5 nitrogen and oxygen atoms in total. The zero-order chi connectivity index (χ0) is 16.7. The van der Waals surface area contributed by atoms with Crippen LogP contribution in [0.3, 0.4) is 0 Å². The van der Waals surface area contributed by atoms with Crippen molar-refractivity contribution < 1.29 is 19.4 Å². The van der Waals surface area contributed by atoms with Gasteiger partial charge in [0.15, 0.2) is 0 Å². The van der Waals surface area contributed by atoms with Crippen molar-refractivity contribution in [2.24, 2.45) is 0 Å². The molecule has 23 heavy (non-hydrogen) atoms. The molecule has 0 aliphatic rings. The number of hydrogen-bond acceptors (Lipinski definition) is 4. The summed E-state index contributed by atoms with van der Waals surface area (Å²) in [6, 6.07) is 14.2. The lowest BCUT2D eigenvalue weighted by Gasteiger charge is -2.17. The van der Waals surface area contributed by atoms with Gasteiger partial charge in [-0.25, -0.2) is 0 Å². The predicted octanol–water partition coefficient (Wildman–Crippen LogP) is 2.04. The van der Waals surface area contributed by atoms with Crippen LogP contribution in [0.1, 0.15) is 15.9 Å². The van der Waals surface area contributed by atoms with E-state index in [1.165, 1.54) is 7.11 Å². The predicted molar refractivity (Wildman–Crippen MR) is 88.0 cm³/mol. The summed E-state index contributed by atoms with van der Waals surface area (Å²) in [6.45, 7) is -0.146. The van der Waals surface area contributed by atoms with E-state index in [1.807, 2.05) is 24.3 Å². The van der Waals surface area contributed by atoms with Crippen molar-refractivity contribution in [1.29, 1.82) is 0 Å². The van der Waals surface area contributed by atoms with E-state index in [4.69, 9.17) is 9.47 Å². The lowest BCUT2D eigenvalue weighted by Crippen LogP contribution is -2.39. The van der Waals surface area contributed by atoms with E-state index in [1.54, 1.807) is 31.4 Å². The van der Waals surface area contributed by atoms with E-state index in [0.717, 1.165) is 11.3 Å². The third-order valence-corrected chi connectivity index (χ3v) is 3.55. The molecule has 5 heteroatoms. The molecule has 0 radical (unpaired) electrons. The fourth-order valence-electron chi connectivity index (χ4n) is 2.30. The van der Waals surface area contributed by atoms with Crippen LogP contribution in [-0.2, 0) is 6.42 Å². The molecule has 2 aromatic rings. The Morgan fingerprint density at radius 2 is 1.78 bits per heavy atom. The number of nitrogens with one attached hydrogen (secondary N) is 1. The Morgan fingerprint density at radius 3 is 2.39 bits per heavy atom. The summed E-state index contributed by atoms with van der Waals surface area (Å²) in [5.41, 5.74) is 1.45. The fraction of sp³-hybridized carbons (Fsp3) is 0.278. The normalized spacial score (nSPS) is 11.6. The van der Waals surface area contributed by atoms with Gasteiger partial charge in [0.25, 0.3) is 5.91 Å². The van der Waals surface area contributed by atoms with Crippen molar-refractivity contribution in [2.45, 2.75) is 12.5 Å². The molecule has 2 N–H and O–H groups in total. The summed E-state index contributed by atoms with van der Waals surface area (Å²) < 4.78 is 10.3. The van der Waals surface area contributed by atoms with E-state index in [2.05, 4.69) is 5.32 Å². The average Bonchev–Trinajstić information content (AvgIpc) is 2.61. The number of rotatable bonds is 7. The molecule has 1 atom stereocenters. The van der Waals surface area contributed by atoms with Crippen molar-refractivity contribution in [3.8, 4) is 11.5 Å². The number of carbonyl (C=O) groups excluding carboxylic acids is 1. The first-order chi connectivity index (χ1) is 11.2. The fourth-order valence-corrected chi connectivity index (χ4v) is 2.30. The number of ether oxygens (including phenoxy) is 2. The number of para-hydroxylation sites is 1. The van der Waals surface area contributed by atoms with Gasteiger partial charge >= 0.3 is 0 Å². The molecule has 2 rings (SSSR count). The molecule has 0 aromatic heterocycles. The molecular formula is C18H21NO4. The van der Waals surface area contributed by atoms with Gasteiger partial charge in [-0.1, -0.05) is 24.3 Å². The highest BCUT2D eigenvalue weighted by Crippen LogP contribution is 2.17. The van der Waals surface area contributed by atoms with E-state index < -0.39 is 0 Å². The summed E-state index contributed by atoms with van der Waals surface area (Å²) in [4.78, 5) is 12.4. The van der Waals surface area contributed by atoms with Gasteiger partial charge in [-0.15, -0.1) is 0 Å². The third-order valence-electron chi connectivity index (χ3n) is 3.55.